The highest BCUT2D eigenvalue weighted by molar-refractivity contribution is 5.82. The molecule has 2 unspecified atom stereocenters. The van der Waals surface area contributed by atoms with Crippen molar-refractivity contribution in [2.75, 3.05) is 19.7 Å². The first-order chi connectivity index (χ1) is 6.19. The smallest absolute Gasteiger partial charge is 0.242 e. The Kier molecular flexibility index (Phi) is 3.69. The van der Waals surface area contributed by atoms with E-state index in [-0.39, 0.29) is 18.6 Å². The van der Waals surface area contributed by atoms with Gasteiger partial charge in [0, 0.05) is 19.1 Å². The first-order valence-corrected chi connectivity index (χ1v) is 4.84. The van der Waals surface area contributed by atoms with Crippen LogP contribution in [0, 0.1) is 0 Å². The van der Waals surface area contributed by atoms with E-state index in [2.05, 4.69) is 5.32 Å². The van der Waals surface area contributed by atoms with E-state index < -0.39 is 6.04 Å². The van der Waals surface area contributed by atoms with Crippen LogP contribution in [-0.2, 0) is 4.79 Å². The first kappa shape index (κ1) is 10.5. The molecule has 0 aliphatic carbocycles. The van der Waals surface area contributed by atoms with E-state index in [4.69, 9.17) is 5.11 Å². The maximum absolute atomic E-state index is 11.6. The molecule has 0 aromatic heterocycles. The largest absolute Gasteiger partial charge is 0.394 e. The zero-order chi connectivity index (χ0) is 9.84. The molecule has 0 saturated carbocycles. The van der Waals surface area contributed by atoms with Crippen LogP contribution in [0.5, 0.6) is 0 Å². The standard InChI is InChI=1S/C9H18N2O2/c1-3-4-11-5-7(2)10-8(6-12)9(11)13/h7-8,10,12H,3-6H2,1-2H3. The molecular weight excluding hydrogens is 168 g/mol. The van der Waals surface area contributed by atoms with Gasteiger partial charge in [0.1, 0.15) is 6.04 Å². The molecule has 1 heterocycles. The lowest BCUT2D eigenvalue weighted by atomic mass is 10.1. The monoisotopic (exact) mass is 186 g/mol. The number of hydrogen-bond acceptors (Lipinski definition) is 3. The summed E-state index contributed by atoms with van der Waals surface area (Å²) >= 11 is 0. The van der Waals surface area contributed by atoms with E-state index in [1.54, 1.807) is 0 Å². The van der Waals surface area contributed by atoms with Crippen molar-refractivity contribution >= 4 is 5.91 Å². The Morgan fingerprint density at radius 3 is 2.92 bits per heavy atom. The number of nitrogens with zero attached hydrogens (tertiary/aromatic N) is 1. The average molecular weight is 186 g/mol. The number of rotatable bonds is 3. The third kappa shape index (κ3) is 2.42. The second-order valence-electron chi connectivity index (χ2n) is 3.59. The topological polar surface area (TPSA) is 52.6 Å². The molecule has 0 spiro atoms. The van der Waals surface area contributed by atoms with Gasteiger partial charge < -0.3 is 10.0 Å². The van der Waals surface area contributed by atoms with E-state index in [9.17, 15) is 4.79 Å². The molecule has 4 nitrogen and oxygen atoms in total. The SMILES string of the molecule is CCCN1CC(C)NC(CO)C1=O. The molecule has 0 radical (unpaired) electrons. The molecule has 13 heavy (non-hydrogen) atoms. The molecule has 1 aliphatic rings. The summed E-state index contributed by atoms with van der Waals surface area (Å²) in [6.07, 6.45) is 0.969. The van der Waals surface area contributed by atoms with Crippen LogP contribution in [0.1, 0.15) is 20.3 Å². The van der Waals surface area contributed by atoms with Crippen LogP contribution in [0.2, 0.25) is 0 Å². The summed E-state index contributed by atoms with van der Waals surface area (Å²) in [7, 11) is 0. The molecule has 4 heteroatoms. The summed E-state index contributed by atoms with van der Waals surface area (Å²) < 4.78 is 0. The molecular formula is C9H18N2O2. The third-order valence-electron chi connectivity index (χ3n) is 2.27. The van der Waals surface area contributed by atoms with Gasteiger partial charge in [0.05, 0.1) is 6.61 Å². The Bertz CT molecular complexity index is 184. The molecule has 1 saturated heterocycles. The number of piperazine rings is 1. The van der Waals surface area contributed by atoms with E-state index >= 15 is 0 Å². The Morgan fingerprint density at radius 1 is 1.69 bits per heavy atom. The highest BCUT2D eigenvalue weighted by Crippen LogP contribution is 2.06. The van der Waals surface area contributed by atoms with Gasteiger partial charge in [0.2, 0.25) is 5.91 Å². The third-order valence-corrected chi connectivity index (χ3v) is 2.27. The van der Waals surface area contributed by atoms with Crippen LogP contribution in [-0.4, -0.2) is 47.7 Å². The zero-order valence-electron chi connectivity index (χ0n) is 8.29. The predicted octanol–water partition coefficient (Wildman–Crippen LogP) is -0.422. The normalized spacial score (nSPS) is 29.5. The van der Waals surface area contributed by atoms with Gasteiger partial charge in [-0.3, -0.25) is 10.1 Å². The van der Waals surface area contributed by atoms with Crippen LogP contribution < -0.4 is 5.32 Å². The summed E-state index contributed by atoms with van der Waals surface area (Å²) in [5, 5.41) is 12.0. The molecule has 1 amide bonds. The highest BCUT2D eigenvalue weighted by Gasteiger charge is 2.30. The molecule has 1 aliphatic heterocycles. The lowest BCUT2D eigenvalue weighted by Gasteiger charge is -2.36. The highest BCUT2D eigenvalue weighted by atomic mass is 16.3. The van der Waals surface area contributed by atoms with Crippen LogP contribution in [0.4, 0.5) is 0 Å². The van der Waals surface area contributed by atoms with Crippen LogP contribution in [0.15, 0.2) is 0 Å². The van der Waals surface area contributed by atoms with Gasteiger partial charge in [0.25, 0.3) is 0 Å². The van der Waals surface area contributed by atoms with Crippen molar-refractivity contribution < 1.29 is 9.90 Å². The minimum Gasteiger partial charge on any atom is -0.394 e. The molecule has 76 valence electrons. The van der Waals surface area contributed by atoms with Gasteiger partial charge in [-0.25, -0.2) is 0 Å². The molecule has 0 aromatic carbocycles. The molecule has 2 N–H and O–H groups in total. The fourth-order valence-corrected chi connectivity index (χ4v) is 1.71. The molecule has 0 aromatic rings. The number of aliphatic hydroxyl groups excluding tert-OH is 1. The Hall–Kier alpha value is -0.610. The molecule has 1 fully saturated rings. The number of amides is 1. The van der Waals surface area contributed by atoms with Gasteiger partial charge >= 0.3 is 0 Å². The fourth-order valence-electron chi connectivity index (χ4n) is 1.71. The molecule has 0 bridgehead atoms. The van der Waals surface area contributed by atoms with Gasteiger partial charge in [-0.2, -0.15) is 0 Å². The first-order valence-electron chi connectivity index (χ1n) is 4.84. The molecule has 1 rings (SSSR count). The number of nitrogens with one attached hydrogen (secondary N) is 1. The number of carbonyl (C=O) groups is 1. The van der Waals surface area contributed by atoms with Crippen molar-refractivity contribution in [2.24, 2.45) is 0 Å². The molecule has 2 atom stereocenters. The van der Waals surface area contributed by atoms with E-state index in [0.29, 0.717) is 0 Å². The minimum absolute atomic E-state index is 0.0300. The van der Waals surface area contributed by atoms with Crippen LogP contribution in [0.25, 0.3) is 0 Å². The number of hydrogen-bond donors (Lipinski definition) is 2. The summed E-state index contributed by atoms with van der Waals surface area (Å²) in [6.45, 7) is 5.51. The van der Waals surface area contributed by atoms with Gasteiger partial charge in [0.15, 0.2) is 0 Å². The average Bonchev–Trinajstić information content (AvgIpc) is 2.11. The van der Waals surface area contributed by atoms with Crippen LogP contribution in [0.3, 0.4) is 0 Å². The zero-order valence-corrected chi connectivity index (χ0v) is 8.29. The minimum atomic E-state index is -0.393. The van der Waals surface area contributed by atoms with Crippen molar-refractivity contribution in [1.82, 2.24) is 10.2 Å². The Balaban J connectivity index is 2.58. The van der Waals surface area contributed by atoms with Gasteiger partial charge in [-0.05, 0) is 13.3 Å². The summed E-state index contributed by atoms with van der Waals surface area (Å²) in [5.41, 5.74) is 0. The lowest BCUT2D eigenvalue weighted by Crippen LogP contribution is -2.60. The van der Waals surface area contributed by atoms with Gasteiger partial charge in [-0.15, -0.1) is 0 Å². The van der Waals surface area contributed by atoms with Crippen molar-refractivity contribution in [3.63, 3.8) is 0 Å². The summed E-state index contributed by atoms with van der Waals surface area (Å²) in [5.74, 6) is 0.0300. The number of aliphatic hydroxyl groups is 1. The second-order valence-corrected chi connectivity index (χ2v) is 3.59. The summed E-state index contributed by atoms with van der Waals surface area (Å²) in [4.78, 5) is 13.4. The van der Waals surface area contributed by atoms with E-state index in [0.717, 1.165) is 19.5 Å². The Labute approximate surface area is 78.9 Å². The summed E-state index contributed by atoms with van der Waals surface area (Å²) in [6, 6.07) is -0.114. The van der Waals surface area contributed by atoms with Crippen molar-refractivity contribution in [2.45, 2.75) is 32.4 Å². The Morgan fingerprint density at radius 2 is 2.38 bits per heavy atom. The maximum Gasteiger partial charge on any atom is 0.242 e. The van der Waals surface area contributed by atoms with Crippen molar-refractivity contribution in [3.05, 3.63) is 0 Å². The fraction of sp³-hybridized carbons (Fsp3) is 0.889. The van der Waals surface area contributed by atoms with E-state index in [1.165, 1.54) is 0 Å². The van der Waals surface area contributed by atoms with E-state index in [1.807, 2.05) is 18.7 Å². The van der Waals surface area contributed by atoms with Crippen molar-refractivity contribution in [1.29, 1.82) is 0 Å². The quantitative estimate of drug-likeness (QED) is 0.629. The predicted molar refractivity (Wildman–Crippen MR) is 50.3 cm³/mol. The number of carbonyl (C=O) groups excluding carboxylic acids is 1. The van der Waals surface area contributed by atoms with Crippen LogP contribution >= 0.6 is 0 Å². The maximum atomic E-state index is 11.6. The second kappa shape index (κ2) is 4.58. The van der Waals surface area contributed by atoms with Crippen molar-refractivity contribution in [3.8, 4) is 0 Å². The van der Waals surface area contributed by atoms with Gasteiger partial charge in [-0.1, -0.05) is 6.92 Å². The lowest BCUT2D eigenvalue weighted by molar-refractivity contribution is -0.138.